The van der Waals surface area contributed by atoms with Gasteiger partial charge in [-0.1, -0.05) is 398 Å². The molecular weight excluding hydrogens is 1380 g/mol. The van der Waals surface area contributed by atoms with Crippen molar-refractivity contribution >= 4 is 21.5 Å². The predicted octanol–water partition coefficient (Wildman–Crippen LogP) is 32.6. The molecule has 0 N–H and O–H groups in total. The van der Waals surface area contributed by atoms with Gasteiger partial charge in [0.15, 0.2) is 0 Å². The zero-order chi connectivity index (χ0) is 83.2. The number of aryl methyl sites for hydroxylation is 23. The molecule has 15 aromatic rings. The molecule has 0 unspecified atom stereocenters. The number of rotatable bonds is 7. The van der Waals surface area contributed by atoms with Crippen LogP contribution in [0.2, 0.25) is 0 Å². The molecule has 0 aliphatic rings. The molecule has 0 saturated carbocycles. The average Bonchev–Trinajstić information content (AvgIpc) is 0.822. The van der Waals surface area contributed by atoms with E-state index in [0.29, 0.717) is 0 Å². The molecule has 115 heavy (non-hydrogen) atoms. The van der Waals surface area contributed by atoms with Gasteiger partial charge in [0.2, 0.25) is 0 Å². The van der Waals surface area contributed by atoms with Gasteiger partial charge in [0.25, 0.3) is 0 Å². The van der Waals surface area contributed by atoms with Gasteiger partial charge in [0.05, 0.1) is 0 Å². The Morgan fingerprint density at radius 3 is 0.748 bits per heavy atom. The number of benzene rings is 15. The van der Waals surface area contributed by atoms with Crippen molar-refractivity contribution in [1.29, 1.82) is 0 Å². The predicted molar refractivity (Wildman–Crippen MR) is 513 cm³/mol. The Labute approximate surface area is 698 Å². The molecule has 0 aliphatic heterocycles. The second kappa shape index (κ2) is 49.5. The quantitative estimate of drug-likeness (QED) is 0.149. The van der Waals surface area contributed by atoms with Crippen LogP contribution >= 0.6 is 0 Å². The van der Waals surface area contributed by atoms with E-state index >= 15 is 0 Å². The molecule has 15 aromatic carbocycles. The Bertz CT molecular complexity index is 5050. The molecule has 0 aliphatic carbocycles. The molecule has 0 atom stereocenters. The summed E-state index contributed by atoms with van der Waals surface area (Å²) in [4.78, 5) is 0. The number of hydrogen-bond acceptors (Lipinski definition) is 0. The van der Waals surface area contributed by atoms with Crippen molar-refractivity contribution in [2.75, 3.05) is 0 Å². The first-order valence-electron chi connectivity index (χ1n) is 41.0. The molecule has 0 nitrogen and oxygen atoms in total. The maximum absolute atomic E-state index is 2.30. The van der Waals surface area contributed by atoms with E-state index in [0.717, 1.165) is 25.7 Å². The highest BCUT2D eigenvalue weighted by Crippen LogP contribution is 2.24. The number of hydrogen-bond donors (Lipinski definition) is 0. The molecule has 15 rings (SSSR count). The fourth-order valence-electron chi connectivity index (χ4n) is 12.6. The van der Waals surface area contributed by atoms with Crippen molar-refractivity contribution in [3.05, 3.63) is 471 Å². The summed E-state index contributed by atoms with van der Waals surface area (Å²) in [5.41, 5.74) is 40.8. The van der Waals surface area contributed by atoms with Crippen molar-refractivity contribution in [1.82, 2.24) is 0 Å². The highest BCUT2D eigenvalue weighted by molar-refractivity contribution is 5.88. The second-order valence-electron chi connectivity index (χ2n) is 31.4. The fraction of sp³-hybridized carbons (Fsp3) is 0.252. The van der Waals surface area contributed by atoms with Gasteiger partial charge < -0.3 is 0 Å². The molecule has 0 saturated heterocycles. The van der Waals surface area contributed by atoms with Gasteiger partial charge in [-0.25, -0.2) is 0 Å². The molecule has 596 valence electrons. The Morgan fingerprint density at radius 2 is 0.426 bits per heavy atom. The summed E-state index contributed by atoms with van der Waals surface area (Å²) in [6.45, 7) is 51.3. The minimum atomic E-state index is 0. The third kappa shape index (κ3) is 34.6. The monoisotopic (exact) mass is 1520 g/mol. The molecule has 0 heterocycles. The van der Waals surface area contributed by atoms with Gasteiger partial charge in [-0.2, -0.15) is 0 Å². The van der Waals surface area contributed by atoms with Crippen molar-refractivity contribution < 1.29 is 0 Å². The second-order valence-corrected chi connectivity index (χ2v) is 31.4. The summed E-state index contributed by atoms with van der Waals surface area (Å²) in [6.07, 6.45) is 4.35. The van der Waals surface area contributed by atoms with Crippen molar-refractivity contribution in [2.24, 2.45) is 0 Å². The maximum atomic E-state index is 2.30. The van der Waals surface area contributed by atoms with Crippen LogP contribution < -0.4 is 0 Å². The standard InChI is InChI=1S/C17H20.C15H16.C14H14.2C12H12.C10H14.2C9H12.2C8H10.CH4/c1-12-5-7-16(9-14(12)3)11-17-8-6-13(2)15(4)10-17;1-12-3-7-14(8-4-12)11-15-9-5-13(2)6-10-15;1-11-3-7-13(8-4-11)14-9-5-12(2)6-10-14;1-9-3-5-12-8-10(2)4-6-11(12)7-9;1-9-5-3-8-12-10(2)6-4-7-11(9)12;1-3-9-6-5-7-10(4-2)8-9;1-7-4-5-8(2)9(3)6-7;1-7-5-4-6-8(2)9(7)3;1-7-3-5-8(2)6-4-7;1-7-4-3-5-8(2)6-7;/h5-10H,11H2,1-4H3;3-10H,11H2,1-2H3;3-10H,1-2H3;2*3-8H,1-2H3;5-8H,3-4H2,1-2H3;2*4-6H,1-3H3;2*3-6H,1-2H3;1H4. The third-order valence-corrected chi connectivity index (χ3v) is 20.9. The molecule has 0 heteroatoms. The van der Waals surface area contributed by atoms with Crippen LogP contribution in [0.25, 0.3) is 32.7 Å². The summed E-state index contributed by atoms with van der Waals surface area (Å²) in [6, 6.07) is 113. The average molecular weight is 1520 g/mol. The van der Waals surface area contributed by atoms with Gasteiger partial charge in [0.1, 0.15) is 0 Å². The third-order valence-electron chi connectivity index (χ3n) is 20.9. The van der Waals surface area contributed by atoms with Crippen LogP contribution in [0.15, 0.2) is 315 Å². The molecule has 0 aromatic heterocycles. The smallest absolute Gasteiger partial charge is 0.00256 e. The molecule has 0 fully saturated rings. The first-order chi connectivity index (χ1) is 54.4. The molecule has 0 spiro atoms. The Kier molecular flexibility index (Phi) is 40.6. The van der Waals surface area contributed by atoms with Crippen LogP contribution in [0, 0.1) is 152 Å². The van der Waals surface area contributed by atoms with E-state index in [1.807, 2.05) is 0 Å². The zero-order valence-corrected chi connectivity index (χ0v) is 73.9. The van der Waals surface area contributed by atoms with E-state index in [2.05, 4.69) is 482 Å². The lowest BCUT2D eigenvalue weighted by molar-refractivity contribution is 1.09. The Hall–Kier alpha value is -11.2. The van der Waals surface area contributed by atoms with Crippen molar-refractivity contribution in [2.45, 2.75) is 199 Å². The summed E-state index contributed by atoms with van der Waals surface area (Å²) in [7, 11) is 0. The van der Waals surface area contributed by atoms with E-state index in [1.54, 1.807) is 0 Å². The minimum Gasteiger partial charge on any atom is -0.0776 e. The van der Waals surface area contributed by atoms with E-state index in [1.165, 1.54) is 188 Å². The van der Waals surface area contributed by atoms with E-state index < -0.39 is 0 Å². The lowest BCUT2D eigenvalue weighted by atomic mass is 9.98. The van der Waals surface area contributed by atoms with Gasteiger partial charge in [-0.05, 0) is 305 Å². The van der Waals surface area contributed by atoms with Gasteiger partial charge in [0, 0.05) is 0 Å². The largest absolute Gasteiger partial charge is 0.0776 e. The fourth-order valence-corrected chi connectivity index (χ4v) is 12.6. The molecule has 0 bridgehead atoms. The first-order valence-corrected chi connectivity index (χ1v) is 41.0. The Balaban J connectivity index is 0.000000230. The zero-order valence-electron chi connectivity index (χ0n) is 73.9. The Morgan fingerprint density at radius 1 is 0.165 bits per heavy atom. The highest BCUT2D eigenvalue weighted by atomic mass is 14.1. The topological polar surface area (TPSA) is 0 Å². The van der Waals surface area contributed by atoms with E-state index in [9.17, 15) is 0 Å². The van der Waals surface area contributed by atoms with E-state index in [-0.39, 0.29) is 7.43 Å². The van der Waals surface area contributed by atoms with Crippen molar-refractivity contribution in [3.8, 4) is 11.1 Å². The van der Waals surface area contributed by atoms with Crippen molar-refractivity contribution in [3.63, 3.8) is 0 Å². The van der Waals surface area contributed by atoms with Gasteiger partial charge in [-0.3, -0.25) is 0 Å². The SMILES string of the molecule is C.CCc1cccc(CC)c1.Cc1ccc(-c2ccc(C)cc2)cc1.Cc1ccc(C)c(C)c1.Cc1ccc(C)cc1.Cc1ccc(Cc2ccc(C)c(C)c2)cc1C.Cc1ccc(Cc2ccc(C)cc2)cc1.Cc1ccc2cc(C)ccc2c1.Cc1cccc(C)c1.Cc1cccc(C)c1C.Cc1cccc2c(C)cccc12. The number of fused-ring (bicyclic) bond motifs is 2. The van der Waals surface area contributed by atoms with Gasteiger partial charge >= 0.3 is 0 Å². The highest BCUT2D eigenvalue weighted by Gasteiger charge is 2.04. The van der Waals surface area contributed by atoms with Crippen LogP contribution in [0.1, 0.15) is 177 Å². The van der Waals surface area contributed by atoms with Crippen LogP contribution in [0.3, 0.4) is 0 Å². The molecule has 0 amide bonds. The lowest BCUT2D eigenvalue weighted by Gasteiger charge is -2.07. The first kappa shape index (κ1) is 94.4. The summed E-state index contributed by atoms with van der Waals surface area (Å²) in [5.74, 6) is 0. The normalized spacial score (nSPS) is 9.98. The van der Waals surface area contributed by atoms with Crippen LogP contribution in [0.5, 0.6) is 0 Å². The molecular formula is C115H136. The van der Waals surface area contributed by atoms with Gasteiger partial charge in [-0.15, -0.1) is 0 Å². The van der Waals surface area contributed by atoms with E-state index in [4.69, 9.17) is 0 Å². The summed E-state index contributed by atoms with van der Waals surface area (Å²) in [5, 5.41) is 5.41. The summed E-state index contributed by atoms with van der Waals surface area (Å²) >= 11 is 0. The van der Waals surface area contributed by atoms with Crippen LogP contribution in [-0.2, 0) is 25.7 Å². The van der Waals surface area contributed by atoms with Crippen LogP contribution in [-0.4, -0.2) is 0 Å². The maximum Gasteiger partial charge on any atom is -0.00256 e. The lowest BCUT2D eigenvalue weighted by Crippen LogP contribution is -1.92. The summed E-state index contributed by atoms with van der Waals surface area (Å²) < 4.78 is 0. The van der Waals surface area contributed by atoms with Crippen LogP contribution in [0.4, 0.5) is 0 Å². The minimum absolute atomic E-state index is 0. The molecule has 0 radical (unpaired) electrons.